The monoisotopic (exact) mass is 204 g/mol. The number of ether oxygens (including phenoxy) is 1. The maximum Gasteiger partial charge on any atom is 0.118 e. The highest BCUT2D eigenvalue weighted by Crippen LogP contribution is 2.18. The van der Waals surface area contributed by atoms with E-state index in [1.165, 1.54) is 0 Å². The molecular formula is C10H12N4O. The average molecular weight is 204 g/mol. The van der Waals surface area contributed by atoms with Crippen molar-refractivity contribution in [2.75, 3.05) is 6.61 Å². The number of imidazole rings is 1. The van der Waals surface area contributed by atoms with Gasteiger partial charge in [0.05, 0.1) is 30.1 Å². The Morgan fingerprint density at radius 2 is 2.47 bits per heavy atom. The standard InChI is InChI=1S/C10H12N4O/c11-4-9-10-3-7-5-15-2-1-8(7)13-14(10)6-12-9/h3,6H,1-2,4-5,11H2. The fraction of sp³-hybridized carbons (Fsp3) is 0.400. The van der Waals surface area contributed by atoms with Crippen LogP contribution >= 0.6 is 0 Å². The zero-order chi connectivity index (χ0) is 10.3. The van der Waals surface area contributed by atoms with Crippen molar-refractivity contribution in [3.8, 4) is 0 Å². The molecule has 0 unspecified atom stereocenters. The third-order valence-electron chi connectivity index (χ3n) is 2.71. The van der Waals surface area contributed by atoms with E-state index >= 15 is 0 Å². The largest absolute Gasteiger partial charge is 0.376 e. The van der Waals surface area contributed by atoms with Gasteiger partial charge >= 0.3 is 0 Å². The van der Waals surface area contributed by atoms with Gasteiger partial charge in [-0.1, -0.05) is 0 Å². The predicted molar refractivity (Wildman–Crippen MR) is 54.2 cm³/mol. The highest BCUT2D eigenvalue weighted by Gasteiger charge is 2.14. The maximum absolute atomic E-state index is 5.60. The summed E-state index contributed by atoms with van der Waals surface area (Å²) in [4.78, 5) is 4.22. The van der Waals surface area contributed by atoms with Gasteiger partial charge in [-0.15, -0.1) is 0 Å². The Balaban J connectivity index is 2.23. The molecule has 0 saturated heterocycles. The van der Waals surface area contributed by atoms with Crippen LogP contribution in [0.2, 0.25) is 0 Å². The minimum atomic E-state index is 0.442. The van der Waals surface area contributed by atoms with E-state index in [1.54, 1.807) is 10.8 Å². The lowest BCUT2D eigenvalue weighted by molar-refractivity contribution is 0.108. The molecule has 3 heterocycles. The van der Waals surface area contributed by atoms with Crippen molar-refractivity contribution < 1.29 is 4.74 Å². The zero-order valence-corrected chi connectivity index (χ0v) is 8.31. The molecule has 0 saturated carbocycles. The molecule has 0 bridgehead atoms. The fourth-order valence-electron chi connectivity index (χ4n) is 1.90. The lowest BCUT2D eigenvalue weighted by atomic mass is 10.1. The molecule has 0 aromatic carbocycles. The van der Waals surface area contributed by atoms with Gasteiger partial charge in [0.15, 0.2) is 0 Å². The third kappa shape index (κ3) is 1.32. The minimum absolute atomic E-state index is 0.442. The Hall–Kier alpha value is -1.46. The molecule has 0 amide bonds. The lowest BCUT2D eigenvalue weighted by Gasteiger charge is -2.15. The van der Waals surface area contributed by atoms with Crippen molar-refractivity contribution in [2.45, 2.75) is 19.6 Å². The number of rotatable bonds is 1. The molecule has 3 rings (SSSR count). The average Bonchev–Trinajstić information content (AvgIpc) is 2.68. The van der Waals surface area contributed by atoms with Crippen LogP contribution in [-0.4, -0.2) is 21.2 Å². The summed E-state index contributed by atoms with van der Waals surface area (Å²) in [6, 6.07) is 2.08. The predicted octanol–water partition coefficient (Wildman–Crippen LogP) is 0.261. The number of fused-ring (bicyclic) bond motifs is 2. The number of hydrogen-bond acceptors (Lipinski definition) is 4. The van der Waals surface area contributed by atoms with Crippen LogP contribution in [0.15, 0.2) is 12.4 Å². The molecule has 2 aromatic rings. The second-order valence-corrected chi connectivity index (χ2v) is 3.64. The number of nitrogens with zero attached hydrogens (tertiary/aromatic N) is 3. The Labute approximate surface area is 86.9 Å². The van der Waals surface area contributed by atoms with Crippen LogP contribution in [0.1, 0.15) is 17.0 Å². The van der Waals surface area contributed by atoms with Crippen LogP contribution in [0.5, 0.6) is 0 Å². The summed E-state index contributed by atoms with van der Waals surface area (Å²) in [5.41, 5.74) is 9.74. The van der Waals surface area contributed by atoms with Crippen LogP contribution in [0.4, 0.5) is 0 Å². The molecule has 1 aliphatic heterocycles. The van der Waals surface area contributed by atoms with Crippen LogP contribution in [0.3, 0.4) is 0 Å². The van der Waals surface area contributed by atoms with E-state index in [4.69, 9.17) is 10.5 Å². The molecule has 78 valence electrons. The van der Waals surface area contributed by atoms with E-state index in [0.717, 1.165) is 35.5 Å². The van der Waals surface area contributed by atoms with E-state index < -0.39 is 0 Å². The summed E-state index contributed by atoms with van der Waals surface area (Å²) >= 11 is 0. The smallest absolute Gasteiger partial charge is 0.118 e. The van der Waals surface area contributed by atoms with Crippen LogP contribution < -0.4 is 5.73 Å². The van der Waals surface area contributed by atoms with Gasteiger partial charge < -0.3 is 10.5 Å². The van der Waals surface area contributed by atoms with Crippen molar-refractivity contribution in [3.63, 3.8) is 0 Å². The molecule has 1 aliphatic rings. The van der Waals surface area contributed by atoms with Crippen molar-refractivity contribution in [1.82, 2.24) is 14.6 Å². The number of aromatic nitrogens is 3. The third-order valence-corrected chi connectivity index (χ3v) is 2.71. The van der Waals surface area contributed by atoms with Gasteiger partial charge in [-0.3, -0.25) is 0 Å². The molecule has 15 heavy (non-hydrogen) atoms. The first-order valence-electron chi connectivity index (χ1n) is 5.01. The van der Waals surface area contributed by atoms with Gasteiger partial charge in [0.1, 0.15) is 6.33 Å². The van der Waals surface area contributed by atoms with Crippen molar-refractivity contribution in [1.29, 1.82) is 0 Å². The number of hydrogen-bond donors (Lipinski definition) is 1. The van der Waals surface area contributed by atoms with Crippen molar-refractivity contribution in [3.05, 3.63) is 29.3 Å². The van der Waals surface area contributed by atoms with Crippen LogP contribution in [-0.2, 0) is 24.3 Å². The summed E-state index contributed by atoms with van der Waals surface area (Å²) in [6.45, 7) is 1.84. The Bertz CT molecular complexity index is 505. The molecular weight excluding hydrogens is 192 g/mol. The molecule has 0 fully saturated rings. The summed E-state index contributed by atoms with van der Waals surface area (Å²) in [6.07, 6.45) is 2.59. The van der Waals surface area contributed by atoms with Gasteiger partial charge in [-0.25, -0.2) is 9.50 Å². The fourth-order valence-corrected chi connectivity index (χ4v) is 1.90. The second kappa shape index (κ2) is 3.29. The molecule has 2 aromatic heterocycles. The first-order valence-corrected chi connectivity index (χ1v) is 5.01. The molecule has 0 atom stereocenters. The van der Waals surface area contributed by atoms with Crippen LogP contribution in [0.25, 0.3) is 5.52 Å². The Kier molecular flexibility index (Phi) is 1.93. The SMILES string of the molecule is NCc1ncn2nc3c(cc12)COCC3. The number of nitrogens with two attached hydrogens (primary N) is 1. The molecule has 2 N–H and O–H groups in total. The topological polar surface area (TPSA) is 65.4 Å². The van der Waals surface area contributed by atoms with Gasteiger partial charge in [-0.05, 0) is 6.07 Å². The van der Waals surface area contributed by atoms with Gasteiger partial charge in [0, 0.05) is 18.5 Å². The first kappa shape index (κ1) is 8.82. The van der Waals surface area contributed by atoms with E-state index in [9.17, 15) is 0 Å². The second-order valence-electron chi connectivity index (χ2n) is 3.64. The van der Waals surface area contributed by atoms with E-state index in [1.807, 2.05) is 0 Å². The molecule has 0 radical (unpaired) electrons. The highest BCUT2D eigenvalue weighted by atomic mass is 16.5. The Morgan fingerprint density at radius 3 is 3.33 bits per heavy atom. The summed E-state index contributed by atoms with van der Waals surface area (Å²) in [7, 11) is 0. The lowest BCUT2D eigenvalue weighted by Crippen LogP contribution is -2.13. The zero-order valence-electron chi connectivity index (χ0n) is 8.31. The summed E-state index contributed by atoms with van der Waals surface area (Å²) in [5, 5.41) is 4.50. The van der Waals surface area contributed by atoms with E-state index in [-0.39, 0.29) is 0 Å². The molecule has 0 aliphatic carbocycles. The van der Waals surface area contributed by atoms with Gasteiger partial charge in [0.25, 0.3) is 0 Å². The van der Waals surface area contributed by atoms with Gasteiger partial charge in [0.2, 0.25) is 0 Å². The normalized spacial score (nSPS) is 15.5. The van der Waals surface area contributed by atoms with Crippen molar-refractivity contribution >= 4 is 5.52 Å². The van der Waals surface area contributed by atoms with Crippen molar-refractivity contribution in [2.24, 2.45) is 5.73 Å². The first-order chi connectivity index (χ1) is 7.38. The quantitative estimate of drug-likeness (QED) is 0.723. The molecule has 0 spiro atoms. The highest BCUT2D eigenvalue weighted by molar-refractivity contribution is 5.53. The van der Waals surface area contributed by atoms with E-state index in [0.29, 0.717) is 13.2 Å². The summed E-state index contributed by atoms with van der Waals surface area (Å²) in [5.74, 6) is 0. The summed E-state index contributed by atoms with van der Waals surface area (Å²) < 4.78 is 7.19. The Morgan fingerprint density at radius 1 is 1.53 bits per heavy atom. The molecule has 5 heteroatoms. The maximum atomic E-state index is 5.60. The van der Waals surface area contributed by atoms with E-state index in [2.05, 4.69) is 16.1 Å². The van der Waals surface area contributed by atoms with Gasteiger partial charge in [-0.2, -0.15) is 5.10 Å². The minimum Gasteiger partial charge on any atom is -0.376 e. The van der Waals surface area contributed by atoms with Crippen LogP contribution in [0, 0.1) is 0 Å². The molecule has 5 nitrogen and oxygen atoms in total.